The van der Waals surface area contributed by atoms with Crippen LogP contribution in [0.4, 0.5) is 0 Å². The molecular formula is C25H38N2O2. The van der Waals surface area contributed by atoms with Gasteiger partial charge in [0.15, 0.2) is 0 Å². The smallest absolute Gasteiger partial charge is 0.139 e. The van der Waals surface area contributed by atoms with Gasteiger partial charge in [-0.1, -0.05) is 13.8 Å². The largest absolute Gasteiger partial charge is 0.378 e. The lowest BCUT2D eigenvalue weighted by molar-refractivity contribution is -0.145. The number of aryl methyl sites for hydroxylation is 1. The molecule has 1 aromatic rings. The van der Waals surface area contributed by atoms with Crippen molar-refractivity contribution in [2.24, 2.45) is 34.5 Å². The molecule has 4 saturated carbocycles. The van der Waals surface area contributed by atoms with Crippen LogP contribution in [0.5, 0.6) is 0 Å². The number of Topliss-reactive ketones (excluding diaryl/α,β-unsaturated/α-hetero) is 1. The molecule has 0 saturated heterocycles. The van der Waals surface area contributed by atoms with E-state index >= 15 is 0 Å². The Morgan fingerprint density at radius 2 is 2.03 bits per heavy atom. The maximum absolute atomic E-state index is 12.6. The Labute approximate surface area is 175 Å². The minimum Gasteiger partial charge on any atom is -0.378 e. The highest BCUT2D eigenvalue weighted by atomic mass is 16.5. The monoisotopic (exact) mass is 398 g/mol. The molecule has 4 aliphatic rings. The number of ether oxygens (including phenoxy) is 1. The number of hydrogen-bond acceptors (Lipinski definition) is 3. The van der Waals surface area contributed by atoms with Crippen LogP contribution in [0, 0.1) is 34.5 Å². The highest BCUT2D eigenvalue weighted by Crippen LogP contribution is 2.65. The third-order valence-corrected chi connectivity index (χ3v) is 9.80. The molecule has 4 aliphatic carbocycles. The van der Waals surface area contributed by atoms with Crippen LogP contribution in [-0.2, 0) is 16.1 Å². The van der Waals surface area contributed by atoms with E-state index in [0.717, 1.165) is 50.2 Å². The molecule has 0 aromatic carbocycles. The Bertz CT molecular complexity index is 731. The summed E-state index contributed by atoms with van der Waals surface area (Å²) < 4.78 is 8.46. The number of carbonyl (C=O) groups excluding carboxylic acids is 1. The van der Waals surface area contributed by atoms with Gasteiger partial charge in [-0.3, -0.25) is 4.79 Å². The van der Waals surface area contributed by atoms with E-state index in [0.29, 0.717) is 23.2 Å². The second-order valence-electron chi connectivity index (χ2n) is 11.0. The predicted octanol–water partition coefficient (Wildman–Crippen LogP) is 5.27. The van der Waals surface area contributed by atoms with Crippen molar-refractivity contribution < 1.29 is 9.53 Å². The third kappa shape index (κ3) is 3.30. The van der Waals surface area contributed by atoms with Crippen LogP contribution in [0.2, 0.25) is 0 Å². The normalized spacial score (nSPS) is 44.2. The van der Waals surface area contributed by atoms with E-state index in [4.69, 9.17) is 4.74 Å². The van der Waals surface area contributed by atoms with Gasteiger partial charge in [0.1, 0.15) is 5.78 Å². The van der Waals surface area contributed by atoms with Gasteiger partial charge < -0.3 is 9.30 Å². The molecule has 7 atom stereocenters. The molecule has 1 heterocycles. The number of ketones is 1. The van der Waals surface area contributed by atoms with E-state index in [2.05, 4.69) is 23.4 Å². The van der Waals surface area contributed by atoms with Crippen molar-refractivity contribution in [3.8, 4) is 0 Å². The van der Waals surface area contributed by atoms with E-state index in [9.17, 15) is 4.79 Å². The van der Waals surface area contributed by atoms with Crippen LogP contribution in [0.1, 0.15) is 78.1 Å². The first-order valence-electron chi connectivity index (χ1n) is 12.1. The van der Waals surface area contributed by atoms with Gasteiger partial charge >= 0.3 is 0 Å². The highest BCUT2D eigenvalue weighted by molar-refractivity contribution is 5.87. The Kier molecular flexibility index (Phi) is 5.13. The molecule has 0 N–H and O–H groups in total. The molecule has 4 fully saturated rings. The Balaban J connectivity index is 1.18. The van der Waals surface area contributed by atoms with Crippen molar-refractivity contribution in [1.82, 2.24) is 9.55 Å². The fourth-order valence-electron chi connectivity index (χ4n) is 8.06. The molecular weight excluding hydrogens is 360 g/mol. The summed E-state index contributed by atoms with van der Waals surface area (Å²) in [7, 11) is 0. The van der Waals surface area contributed by atoms with Crippen molar-refractivity contribution >= 4 is 5.78 Å². The molecule has 0 bridgehead atoms. The summed E-state index contributed by atoms with van der Waals surface area (Å²) in [6.45, 7) is 6.76. The second kappa shape index (κ2) is 7.51. The van der Waals surface area contributed by atoms with Crippen molar-refractivity contribution in [3.63, 3.8) is 0 Å². The van der Waals surface area contributed by atoms with Gasteiger partial charge in [-0.2, -0.15) is 0 Å². The first-order chi connectivity index (χ1) is 14.0. The van der Waals surface area contributed by atoms with Gasteiger partial charge in [0.2, 0.25) is 0 Å². The van der Waals surface area contributed by atoms with Crippen molar-refractivity contribution in [1.29, 1.82) is 0 Å². The van der Waals surface area contributed by atoms with Crippen LogP contribution in [0.25, 0.3) is 0 Å². The van der Waals surface area contributed by atoms with E-state index < -0.39 is 0 Å². The lowest BCUT2D eigenvalue weighted by Gasteiger charge is -2.60. The fourth-order valence-corrected chi connectivity index (χ4v) is 8.06. The minimum atomic E-state index is 0.0138. The van der Waals surface area contributed by atoms with Crippen molar-refractivity contribution in [2.45, 2.75) is 90.7 Å². The number of rotatable bonds is 5. The van der Waals surface area contributed by atoms with Gasteiger partial charge in [-0.25, -0.2) is 4.98 Å². The zero-order valence-electron chi connectivity index (χ0n) is 18.3. The van der Waals surface area contributed by atoms with E-state index in [1.165, 1.54) is 44.9 Å². The van der Waals surface area contributed by atoms with Gasteiger partial charge in [0, 0.05) is 37.4 Å². The minimum absolute atomic E-state index is 0.0138. The topological polar surface area (TPSA) is 44.1 Å². The maximum atomic E-state index is 12.6. The average molecular weight is 399 g/mol. The Morgan fingerprint density at radius 3 is 2.86 bits per heavy atom. The molecule has 0 aliphatic heterocycles. The zero-order valence-corrected chi connectivity index (χ0v) is 18.3. The Hall–Kier alpha value is -1.16. The number of aromatic nitrogens is 2. The van der Waals surface area contributed by atoms with Gasteiger partial charge in [0.05, 0.1) is 12.4 Å². The summed E-state index contributed by atoms with van der Waals surface area (Å²) in [6.07, 6.45) is 18.2. The SMILES string of the molecule is C[C@]12CC[C@H](OCCCn3ccnc3)CC1CCC1C2CC[C@]2(C)C(=O)CCC12. The maximum Gasteiger partial charge on any atom is 0.139 e. The van der Waals surface area contributed by atoms with E-state index in [-0.39, 0.29) is 5.41 Å². The molecule has 4 nitrogen and oxygen atoms in total. The summed E-state index contributed by atoms with van der Waals surface area (Å²) >= 11 is 0. The van der Waals surface area contributed by atoms with E-state index in [1.807, 2.05) is 18.7 Å². The summed E-state index contributed by atoms with van der Waals surface area (Å²) in [5.74, 6) is 3.70. The molecule has 0 amide bonds. The number of carbonyl (C=O) groups is 1. The fraction of sp³-hybridized carbons (Fsp3) is 0.840. The lowest BCUT2D eigenvalue weighted by atomic mass is 9.45. The van der Waals surface area contributed by atoms with Gasteiger partial charge in [-0.05, 0) is 86.9 Å². The van der Waals surface area contributed by atoms with Crippen LogP contribution >= 0.6 is 0 Å². The van der Waals surface area contributed by atoms with Crippen molar-refractivity contribution in [2.75, 3.05) is 6.61 Å². The molecule has 0 radical (unpaired) electrons. The van der Waals surface area contributed by atoms with Gasteiger partial charge in [0.25, 0.3) is 0 Å². The molecule has 0 spiro atoms. The Morgan fingerprint density at radius 1 is 1.14 bits per heavy atom. The first-order valence-corrected chi connectivity index (χ1v) is 12.1. The quantitative estimate of drug-likeness (QED) is 0.635. The molecule has 4 unspecified atom stereocenters. The number of imidazole rings is 1. The van der Waals surface area contributed by atoms with Crippen LogP contribution in [0.3, 0.4) is 0 Å². The second-order valence-corrected chi connectivity index (χ2v) is 11.0. The van der Waals surface area contributed by atoms with E-state index in [1.54, 1.807) is 0 Å². The molecule has 1 aromatic heterocycles. The van der Waals surface area contributed by atoms with Gasteiger partial charge in [-0.15, -0.1) is 0 Å². The van der Waals surface area contributed by atoms with Crippen molar-refractivity contribution in [3.05, 3.63) is 18.7 Å². The van der Waals surface area contributed by atoms with Crippen LogP contribution in [-0.4, -0.2) is 28.0 Å². The summed E-state index contributed by atoms with van der Waals surface area (Å²) in [5, 5.41) is 0. The predicted molar refractivity (Wildman–Crippen MR) is 113 cm³/mol. The summed E-state index contributed by atoms with van der Waals surface area (Å²) in [4.78, 5) is 16.7. The summed E-state index contributed by atoms with van der Waals surface area (Å²) in [5.41, 5.74) is 0.493. The first kappa shape index (κ1) is 19.8. The zero-order chi connectivity index (χ0) is 20.1. The molecule has 160 valence electrons. The van der Waals surface area contributed by atoms with Crippen LogP contribution < -0.4 is 0 Å². The highest BCUT2D eigenvalue weighted by Gasteiger charge is 2.60. The standard InChI is InChI=1S/C25H38N2O2/c1-24-10-8-19(29-15-3-13-27-14-12-26-17-27)16-18(24)4-5-20-21-6-7-23(28)25(21,2)11-9-22(20)24/h12,14,17-22H,3-11,13,15-16H2,1-2H3/t18?,19-,20?,21?,22?,24-,25-/m0/s1. The number of nitrogens with zero attached hydrogens (tertiary/aromatic N) is 2. The molecule has 29 heavy (non-hydrogen) atoms. The molecule has 5 rings (SSSR count). The third-order valence-electron chi connectivity index (χ3n) is 9.80. The van der Waals surface area contributed by atoms with Crippen LogP contribution in [0.15, 0.2) is 18.7 Å². The molecule has 4 heteroatoms. The average Bonchev–Trinajstić information content (AvgIpc) is 3.33. The number of hydrogen-bond donors (Lipinski definition) is 0. The number of fused-ring (bicyclic) bond motifs is 5. The lowest BCUT2D eigenvalue weighted by Crippen LogP contribution is -2.54. The summed E-state index contributed by atoms with van der Waals surface area (Å²) in [6, 6.07) is 0.